The van der Waals surface area contributed by atoms with E-state index in [0.29, 0.717) is 25.0 Å². The first-order valence-corrected chi connectivity index (χ1v) is 12.4. The number of fused-ring (bicyclic) bond motifs is 2. The first-order chi connectivity index (χ1) is 16.9. The highest BCUT2D eigenvalue weighted by molar-refractivity contribution is 5.73. The summed E-state index contributed by atoms with van der Waals surface area (Å²) in [7, 11) is 3.13. The lowest BCUT2D eigenvalue weighted by Gasteiger charge is -2.26. The summed E-state index contributed by atoms with van der Waals surface area (Å²) in [6.45, 7) is 7.40. The molecule has 2 aliphatic carbocycles. The molecule has 0 aliphatic heterocycles. The van der Waals surface area contributed by atoms with Crippen molar-refractivity contribution < 1.29 is 29.3 Å². The van der Waals surface area contributed by atoms with Gasteiger partial charge in [0.1, 0.15) is 11.2 Å². The third-order valence-electron chi connectivity index (χ3n) is 7.17. The number of pyridine rings is 2. The van der Waals surface area contributed by atoms with Crippen molar-refractivity contribution in [3.63, 3.8) is 0 Å². The van der Waals surface area contributed by atoms with Crippen LogP contribution < -0.4 is 0 Å². The fraction of sp³-hybridized carbons (Fsp3) is 0.571. The van der Waals surface area contributed by atoms with E-state index in [2.05, 4.69) is 11.1 Å². The normalized spacial score (nSPS) is 19.3. The lowest BCUT2D eigenvalue weighted by molar-refractivity contribution is -0.146. The number of carboxylic acid groups (broad SMARTS) is 1. The highest BCUT2D eigenvalue weighted by Gasteiger charge is 2.29. The molecule has 2 atom stereocenters. The fourth-order valence-corrected chi connectivity index (χ4v) is 4.58. The van der Waals surface area contributed by atoms with Gasteiger partial charge in [0.25, 0.3) is 0 Å². The molecular weight excluding hydrogens is 460 g/mol. The van der Waals surface area contributed by atoms with Crippen molar-refractivity contribution in [2.24, 2.45) is 11.8 Å². The second-order valence-electron chi connectivity index (χ2n) is 10.6. The molecule has 2 unspecified atom stereocenters. The number of aromatic nitrogens is 2. The maximum absolute atomic E-state index is 11.6. The Balaban J connectivity index is 0.000000202. The van der Waals surface area contributed by atoms with Crippen LogP contribution in [-0.2, 0) is 55.9 Å². The van der Waals surface area contributed by atoms with E-state index in [0.717, 1.165) is 47.5 Å². The van der Waals surface area contributed by atoms with E-state index in [-0.39, 0.29) is 23.4 Å². The maximum Gasteiger partial charge on any atom is 0.309 e. The second kappa shape index (κ2) is 11.0. The standard InChI is InChI=1S/C15H21NO3.C13H17NO3/c1-15(2,19-4)13-8-6-10-9-11(14(17)18-3)5-7-12(10)16-13;1-13(2,17)11-6-4-8-7-9(12(15)16)3-5-10(8)14-11/h6,8,11H,5,7,9H2,1-4H3;4,6,9,17H,3,5,7H2,1-2H3,(H,15,16). The van der Waals surface area contributed by atoms with Crippen molar-refractivity contribution in [3.8, 4) is 0 Å². The van der Waals surface area contributed by atoms with Crippen molar-refractivity contribution in [2.75, 3.05) is 14.2 Å². The molecule has 2 N–H and O–H groups in total. The van der Waals surface area contributed by atoms with Crippen molar-refractivity contribution in [3.05, 3.63) is 58.2 Å². The minimum atomic E-state index is -0.946. The summed E-state index contributed by atoms with van der Waals surface area (Å²) in [5, 5.41) is 18.9. The molecular formula is C28H38N2O6. The van der Waals surface area contributed by atoms with Crippen LogP contribution in [0, 0.1) is 11.8 Å². The average molecular weight is 499 g/mol. The molecule has 8 nitrogen and oxygen atoms in total. The van der Waals surface area contributed by atoms with Gasteiger partial charge in [0, 0.05) is 18.5 Å². The molecule has 196 valence electrons. The van der Waals surface area contributed by atoms with E-state index < -0.39 is 11.6 Å². The minimum absolute atomic E-state index is 0.0272. The molecule has 0 radical (unpaired) electrons. The summed E-state index contributed by atoms with van der Waals surface area (Å²) in [6.07, 6.45) is 4.21. The SMILES string of the molecule is CC(C)(O)c1ccc2c(n1)CCC(C(=O)O)C2.COC(=O)C1CCc2nc(C(C)(C)OC)ccc2C1. The van der Waals surface area contributed by atoms with Gasteiger partial charge >= 0.3 is 11.9 Å². The van der Waals surface area contributed by atoms with E-state index >= 15 is 0 Å². The number of carbonyl (C=O) groups excluding carboxylic acids is 1. The fourth-order valence-electron chi connectivity index (χ4n) is 4.58. The predicted molar refractivity (Wildman–Crippen MR) is 134 cm³/mol. The molecule has 2 aromatic rings. The van der Waals surface area contributed by atoms with E-state index in [1.54, 1.807) is 27.0 Å². The van der Waals surface area contributed by atoms with Crippen LogP contribution in [-0.4, -0.2) is 46.3 Å². The third kappa shape index (κ3) is 6.48. The second-order valence-corrected chi connectivity index (χ2v) is 10.6. The van der Waals surface area contributed by atoms with Gasteiger partial charge in [-0.1, -0.05) is 12.1 Å². The van der Waals surface area contributed by atoms with Gasteiger partial charge < -0.3 is 19.7 Å². The zero-order valence-electron chi connectivity index (χ0n) is 22.1. The van der Waals surface area contributed by atoms with Crippen molar-refractivity contribution in [1.82, 2.24) is 9.97 Å². The number of rotatable bonds is 5. The highest BCUT2D eigenvalue weighted by atomic mass is 16.5. The molecule has 2 aliphatic rings. The van der Waals surface area contributed by atoms with Crippen LogP contribution in [0.2, 0.25) is 0 Å². The van der Waals surface area contributed by atoms with Gasteiger partial charge in [-0.3, -0.25) is 19.6 Å². The Bertz CT molecular complexity index is 1110. The van der Waals surface area contributed by atoms with Crippen LogP contribution in [0.5, 0.6) is 0 Å². The van der Waals surface area contributed by atoms with Crippen LogP contribution >= 0.6 is 0 Å². The first-order valence-electron chi connectivity index (χ1n) is 12.4. The number of methoxy groups -OCH3 is 2. The molecule has 0 saturated carbocycles. The number of ether oxygens (including phenoxy) is 2. The zero-order chi connectivity index (χ0) is 26.7. The first kappa shape index (κ1) is 27.7. The van der Waals surface area contributed by atoms with Gasteiger partial charge in [0.2, 0.25) is 0 Å². The lowest BCUT2D eigenvalue weighted by atomic mass is 9.86. The Hall–Kier alpha value is -2.84. The molecule has 0 bridgehead atoms. The van der Waals surface area contributed by atoms with Gasteiger partial charge in [-0.25, -0.2) is 0 Å². The Morgan fingerprint density at radius 3 is 1.86 bits per heavy atom. The van der Waals surface area contributed by atoms with Gasteiger partial charge in [0.15, 0.2) is 0 Å². The number of aliphatic carboxylic acids is 1. The Labute approximate surface area is 213 Å². The largest absolute Gasteiger partial charge is 0.481 e. The maximum atomic E-state index is 11.6. The zero-order valence-corrected chi connectivity index (χ0v) is 22.1. The van der Waals surface area contributed by atoms with Gasteiger partial charge in [0.05, 0.1) is 30.3 Å². The summed E-state index contributed by atoms with van der Waals surface area (Å²) >= 11 is 0. The molecule has 0 fully saturated rings. The summed E-state index contributed by atoms with van der Waals surface area (Å²) < 4.78 is 10.3. The summed E-state index contributed by atoms with van der Waals surface area (Å²) in [5.74, 6) is -1.17. The van der Waals surface area contributed by atoms with Gasteiger partial charge in [-0.15, -0.1) is 0 Å². The van der Waals surface area contributed by atoms with Crippen LogP contribution in [0.3, 0.4) is 0 Å². The lowest BCUT2D eigenvalue weighted by Crippen LogP contribution is -2.26. The highest BCUT2D eigenvalue weighted by Crippen LogP contribution is 2.29. The topological polar surface area (TPSA) is 119 Å². The third-order valence-corrected chi connectivity index (χ3v) is 7.17. The molecule has 2 aromatic heterocycles. The van der Waals surface area contributed by atoms with Crippen LogP contribution in [0.4, 0.5) is 0 Å². The molecule has 0 amide bonds. The van der Waals surface area contributed by atoms with E-state index in [4.69, 9.17) is 19.6 Å². The Morgan fingerprint density at radius 2 is 1.36 bits per heavy atom. The predicted octanol–water partition coefficient (Wildman–Crippen LogP) is 3.74. The number of nitrogens with zero attached hydrogens (tertiary/aromatic N) is 2. The van der Waals surface area contributed by atoms with E-state index in [1.807, 2.05) is 26.0 Å². The molecule has 0 spiro atoms. The number of aryl methyl sites for hydroxylation is 2. The number of carboxylic acids is 1. The quantitative estimate of drug-likeness (QED) is 0.599. The monoisotopic (exact) mass is 498 g/mol. The summed E-state index contributed by atoms with van der Waals surface area (Å²) in [6, 6.07) is 7.73. The van der Waals surface area contributed by atoms with Crippen molar-refractivity contribution in [1.29, 1.82) is 0 Å². The molecule has 0 aromatic carbocycles. The van der Waals surface area contributed by atoms with Gasteiger partial charge in [-0.2, -0.15) is 0 Å². The van der Waals surface area contributed by atoms with E-state index in [9.17, 15) is 14.7 Å². The number of aliphatic hydroxyl groups is 1. The number of hydrogen-bond acceptors (Lipinski definition) is 7. The Morgan fingerprint density at radius 1 is 0.861 bits per heavy atom. The smallest absolute Gasteiger partial charge is 0.309 e. The minimum Gasteiger partial charge on any atom is -0.481 e. The number of esters is 1. The molecule has 0 saturated heterocycles. The van der Waals surface area contributed by atoms with Crippen molar-refractivity contribution >= 4 is 11.9 Å². The molecule has 36 heavy (non-hydrogen) atoms. The molecule has 2 heterocycles. The van der Waals surface area contributed by atoms with Crippen LogP contribution in [0.25, 0.3) is 0 Å². The van der Waals surface area contributed by atoms with Crippen molar-refractivity contribution in [2.45, 2.75) is 77.4 Å². The van der Waals surface area contributed by atoms with Gasteiger partial charge in [-0.05, 0) is 89.5 Å². The number of hydrogen-bond donors (Lipinski definition) is 2. The number of carbonyl (C=O) groups is 2. The van der Waals surface area contributed by atoms with Crippen LogP contribution in [0.1, 0.15) is 74.4 Å². The molecule has 8 heteroatoms. The Kier molecular flexibility index (Phi) is 8.52. The van der Waals surface area contributed by atoms with E-state index in [1.165, 1.54) is 7.11 Å². The van der Waals surface area contributed by atoms with Crippen LogP contribution in [0.15, 0.2) is 24.3 Å². The summed E-state index contributed by atoms with van der Waals surface area (Å²) in [5.41, 5.74) is 4.42. The molecule has 4 rings (SSSR count). The average Bonchev–Trinajstić information content (AvgIpc) is 2.86. The summed E-state index contributed by atoms with van der Waals surface area (Å²) in [4.78, 5) is 31.7.